The lowest BCUT2D eigenvalue weighted by atomic mass is 10.3. The lowest BCUT2D eigenvalue weighted by Gasteiger charge is -2.15. The van der Waals surface area contributed by atoms with Crippen molar-refractivity contribution in [2.45, 2.75) is 39.3 Å². The van der Waals surface area contributed by atoms with Gasteiger partial charge in [0, 0.05) is 14.7 Å². The van der Waals surface area contributed by atoms with Gasteiger partial charge in [0.15, 0.2) is 0 Å². The number of aromatic nitrogens is 2. The molecule has 96 valence electrons. The lowest BCUT2D eigenvalue weighted by Crippen LogP contribution is -2.23. The van der Waals surface area contributed by atoms with Crippen molar-refractivity contribution < 1.29 is 9.53 Å². The molecule has 6 heteroatoms. The Labute approximate surface area is 103 Å². The van der Waals surface area contributed by atoms with Gasteiger partial charge in [0.1, 0.15) is 12.4 Å². The highest BCUT2D eigenvalue weighted by molar-refractivity contribution is 6.76. The van der Waals surface area contributed by atoms with Crippen LogP contribution in [0, 0.1) is 6.92 Å². The smallest absolute Gasteiger partial charge is 0.267 e. The number of imidazole rings is 1. The van der Waals surface area contributed by atoms with E-state index < -0.39 is 14.0 Å². The second-order valence-electron chi connectivity index (χ2n) is 5.36. The van der Waals surface area contributed by atoms with E-state index in [0.717, 1.165) is 6.04 Å². The van der Waals surface area contributed by atoms with Crippen molar-refractivity contribution >= 4 is 14.0 Å². The molecule has 0 bridgehead atoms. The van der Waals surface area contributed by atoms with Crippen molar-refractivity contribution in [3.8, 4) is 0 Å². The summed E-state index contributed by atoms with van der Waals surface area (Å²) < 4.78 is 7.20. The SMILES string of the molecule is Cc1ncn(COCC[Si](C)(C)C)c1C(N)=O. The fourth-order valence-corrected chi connectivity index (χ4v) is 2.20. The predicted octanol–water partition coefficient (Wildman–Crippen LogP) is 1.60. The number of carbonyl (C=O) groups is 1. The van der Waals surface area contributed by atoms with Gasteiger partial charge in [-0.25, -0.2) is 4.98 Å². The summed E-state index contributed by atoms with van der Waals surface area (Å²) in [5, 5.41) is 0. The fourth-order valence-electron chi connectivity index (χ4n) is 1.44. The van der Waals surface area contributed by atoms with Gasteiger partial charge in [0.25, 0.3) is 5.91 Å². The molecule has 0 atom stereocenters. The van der Waals surface area contributed by atoms with Crippen LogP contribution in [0.15, 0.2) is 6.33 Å². The number of ether oxygens (including phenoxy) is 1. The molecule has 0 aromatic carbocycles. The first-order chi connectivity index (χ1) is 7.81. The number of carbonyl (C=O) groups excluding carboxylic acids is 1. The Bertz CT molecular complexity index is 396. The number of primary amides is 1. The lowest BCUT2D eigenvalue weighted by molar-refractivity contribution is 0.0806. The van der Waals surface area contributed by atoms with Gasteiger partial charge in [-0.05, 0) is 13.0 Å². The van der Waals surface area contributed by atoms with Crippen molar-refractivity contribution in [2.24, 2.45) is 5.73 Å². The van der Waals surface area contributed by atoms with Crippen molar-refractivity contribution in [3.05, 3.63) is 17.7 Å². The minimum atomic E-state index is -1.07. The van der Waals surface area contributed by atoms with Gasteiger partial charge in [-0.3, -0.25) is 4.79 Å². The Morgan fingerprint density at radius 3 is 2.71 bits per heavy atom. The van der Waals surface area contributed by atoms with E-state index in [0.29, 0.717) is 24.7 Å². The summed E-state index contributed by atoms with van der Waals surface area (Å²) in [5.74, 6) is -0.464. The number of aryl methyl sites for hydroxylation is 1. The minimum Gasteiger partial charge on any atom is -0.364 e. The van der Waals surface area contributed by atoms with Crippen LogP contribution in [-0.4, -0.2) is 30.1 Å². The third kappa shape index (κ3) is 4.31. The molecule has 0 radical (unpaired) electrons. The van der Waals surface area contributed by atoms with Gasteiger partial charge >= 0.3 is 0 Å². The largest absolute Gasteiger partial charge is 0.364 e. The third-order valence-electron chi connectivity index (χ3n) is 2.48. The molecule has 0 saturated carbocycles. The highest BCUT2D eigenvalue weighted by Crippen LogP contribution is 2.09. The molecule has 0 unspecified atom stereocenters. The molecule has 1 aromatic heterocycles. The maximum Gasteiger partial charge on any atom is 0.267 e. The maximum absolute atomic E-state index is 11.2. The Balaban J connectivity index is 2.50. The fraction of sp³-hybridized carbons (Fsp3) is 0.636. The Morgan fingerprint density at radius 2 is 2.18 bits per heavy atom. The highest BCUT2D eigenvalue weighted by Gasteiger charge is 2.14. The number of hydrogen-bond acceptors (Lipinski definition) is 3. The first-order valence-electron chi connectivity index (χ1n) is 5.70. The molecule has 0 aliphatic rings. The Morgan fingerprint density at radius 1 is 1.53 bits per heavy atom. The van der Waals surface area contributed by atoms with Gasteiger partial charge in [0.05, 0.1) is 12.0 Å². The second-order valence-corrected chi connectivity index (χ2v) is 11.0. The minimum absolute atomic E-state index is 0.337. The molecule has 1 amide bonds. The van der Waals surface area contributed by atoms with E-state index in [1.54, 1.807) is 17.8 Å². The van der Waals surface area contributed by atoms with Gasteiger partial charge < -0.3 is 15.0 Å². The van der Waals surface area contributed by atoms with Crippen LogP contribution in [0.4, 0.5) is 0 Å². The van der Waals surface area contributed by atoms with Crippen molar-refractivity contribution in [1.29, 1.82) is 0 Å². The first-order valence-corrected chi connectivity index (χ1v) is 9.41. The molecule has 1 aromatic rings. The average molecular weight is 255 g/mol. The van der Waals surface area contributed by atoms with E-state index in [2.05, 4.69) is 24.6 Å². The summed E-state index contributed by atoms with van der Waals surface area (Å²) in [5.41, 5.74) is 6.36. The van der Waals surface area contributed by atoms with E-state index in [1.807, 2.05) is 0 Å². The molecule has 0 aliphatic heterocycles. The van der Waals surface area contributed by atoms with Crippen LogP contribution in [0.25, 0.3) is 0 Å². The van der Waals surface area contributed by atoms with Crippen LogP contribution in [-0.2, 0) is 11.5 Å². The number of hydrogen-bond donors (Lipinski definition) is 1. The molecule has 0 saturated heterocycles. The molecule has 5 nitrogen and oxygen atoms in total. The van der Waals surface area contributed by atoms with Crippen LogP contribution in [0.1, 0.15) is 16.2 Å². The molecule has 0 fully saturated rings. The third-order valence-corrected chi connectivity index (χ3v) is 4.18. The van der Waals surface area contributed by atoms with E-state index in [-0.39, 0.29) is 0 Å². The van der Waals surface area contributed by atoms with E-state index in [1.165, 1.54) is 0 Å². The topological polar surface area (TPSA) is 70.1 Å². The number of rotatable bonds is 6. The van der Waals surface area contributed by atoms with Crippen LogP contribution in [0.5, 0.6) is 0 Å². The van der Waals surface area contributed by atoms with E-state index >= 15 is 0 Å². The Kier molecular flexibility index (Phi) is 4.47. The Hall–Kier alpha value is -1.14. The first kappa shape index (κ1) is 13.9. The van der Waals surface area contributed by atoms with Crippen molar-refractivity contribution in [1.82, 2.24) is 9.55 Å². The predicted molar refractivity (Wildman–Crippen MR) is 69.6 cm³/mol. The molecule has 1 rings (SSSR count). The van der Waals surface area contributed by atoms with Gasteiger partial charge in [0.2, 0.25) is 0 Å². The zero-order valence-corrected chi connectivity index (χ0v) is 12.0. The summed E-state index contributed by atoms with van der Waals surface area (Å²) in [7, 11) is -1.07. The normalized spacial score (nSPS) is 11.8. The van der Waals surface area contributed by atoms with Crippen molar-refractivity contribution in [3.63, 3.8) is 0 Å². The second kappa shape index (κ2) is 5.46. The molecule has 2 N–H and O–H groups in total. The summed E-state index contributed by atoms with van der Waals surface area (Å²) in [6.07, 6.45) is 1.59. The molecule has 0 spiro atoms. The summed E-state index contributed by atoms with van der Waals surface area (Å²) >= 11 is 0. The number of nitrogens with two attached hydrogens (primary N) is 1. The molecular weight excluding hydrogens is 234 g/mol. The highest BCUT2D eigenvalue weighted by atomic mass is 28.3. The number of amides is 1. The van der Waals surface area contributed by atoms with Gasteiger partial charge in [-0.15, -0.1) is 0 Å². The molecular formula is C11H21N3O2Si. The van der Waals surface area contributed by atoms with E-state index in [9.17, 15) is 4.79 Å². The van der Waals surface area contributed by atoms with Crippen LogP contribution >= 0.6 is 0 Å². The van der Waals surface area contributed by atoms with Gasteiger partial charge in [-0.2, -0.15) is 0 Å². The monoisotopic (exact) mass is 255 g/mol. The summed E-state index contributed by atoms with van der Waals surface area (Å²) in [4.78, 5) is 15.3. The van der Waals surface area contributed by atoms with Crippen LogP contribution < -0.4 is 5.73 Å². The molecule has 1 heterocycles. The van der Waals surface area contributed by atoms with Crippen LogP contribution in [0.2, 0.25) is 25.7 Å². The van der Waals surface area contributed by atoms with Crippen LogP contribution in [0.3, 0.4) is 0 Å². The van der Waals surface area contributed by atoms with Gasteiger partial charge in [-0.1, -0.05) is 19.6 Å². The molecule has 0 aliphatic carbocycles. The summed E-state index contributed by atoms with van der Waals surface area (Å²) in [6, 6.07) is 1.10. The number of nitrogens with zero attached hydrogens (tertiary/aromatic N) is 2. The zero-order chi connectivity index (χ0) is 13.1. The molecule has 17 heavy (non-hydrogen) atoms. The van der Waals surface area contributed by atoms with E-state index in [4.69, 9.17) is 10.5 Å². The summed E-state index contributed by atoms with van der Waals surface area (Å²) in [6.45, 7) is 9.71. The zero-order valence-electron chi connectivity index (χ0n) is 11.0. The maximum atomic E-state index is 11.2. The van der Waals surface area contributed by atoms with Crippen molar-refractivity contribution in [2.75, 3.05) is 6.61 Å². The quantitative estimate of drug-likeness (QED) is 0.620. The average Bonchev–Trinajstić information content (AvgIpc) is 2.53. The standard InChI is InChI=1S/C11H21N3O2Si/c1-9-10(11(12)15)14(7-13-9)8-16-5-6-17(2,3)4/h7H,5-6,8H2,1-4H3,(H2,12,15).